The zero-order valence-electron chi connectivity index (χ0n) is 15.3. The highest BCUT2D eigenvalue weighted by molar-refractivity contribution is 5.79. The van der Waals surface area contributed by atoms with Gasteiger partial charge in [0.25, 0.3) is 0 Å². The Bertz CT molecular complexity index is 818. The summed E-state index contributed by atoms with van der Waals surface area (Å²) in [6, 6.07) is 16.6. The summed E-state index contributed by atoms with van der Waals surface area (Å²) in [4.78, 5) is 14.2. The summed E-state index contributed by atoms with van der Waals surface area (Å²) >= 11 is 0. The fourth-order valence-electron chi connectivity index (χ4n) is 4.03. The SMILES string of the molecule is C#CCN(CC1CCCO1)C(=O)OCC1c2ccccc2-c2ccccc21. The number of nitrogens with zero attached hydrogens (tertiary/aromatic N) is 1. The summed E-state index contributed by atoms with van der Waals surface area (Å²) in [6.45, 7) is 1.77. The standard InChI is InChI=1S/C23H23NO3/c1-2-13-24(15-17-8-7-14-26-17)23(25)27-16-22-20-11-5-3-9-18(20)19-10-4-6-12-21(19)22/h1,3-6,9-12,17,22H,7-8,13-16H2. The Morgan fingerprint density at radius 2 is 1.81 bits per heavy atom. The molecule has 0 saturated carbocycles. The number of carbonyl (C=O) groups is 1. The van der Waals surface area contributed by atoms with Crippen molar-refractivity contribution in [2.24, 2.45) is 0 Å². The molecule has 4 nitrogen and oxygen atoms in total. The van der Waals surface area contributed by atoms with Gasteiger partial charge in [0, 0.05) is 12.5 Å². The fourth-order valence-corrected chi connectivity index (χ4v) is 4.03. The molecule has 0 radical (unpaired) electrons. The summed E-state index contributed by atoms with van der Waals surface area (Å²) in [5.41, 5.74) is 4.84. The van der Waals surface area contributed by atoms with Crippen LogP contribution in [0.15, 0.2) is 48.5 Å². The lowest BCUT2D eigenvalue weighted by atomic mass is 9.98. The van der Waals surface area contributed by atoms with Gasteiger partial charge in [-0.3, -0.25) is 4.90 Å². The molecule has 1 amide bonds. The van der Waals surface area contributed by atoms with E-state index in [9.17, 15) is 4.79 Å². The highest BCUT2D eigenvalue weighted by Gasteiger charge is 2.30. The first-order valence-electron chi connectivity index (χ1n) is 9.43. The largest absolute Gasteiger partial charge is 0.448 e. The number of amides is 1. The van der Waals surface area contributed by atoms with E-state index in [2.05, 4.69) is 30.2 Å². The summed E-state index contributed by atoms with van der Waals surface area (Å²) in [5, 5.41) is 0. The molecule has 4 rings (SSSR count). The summed E-state index contributed by atoms with van der Waals surface area (Å²) in [5.74, 6) is 2.60. The van der Waals surface area contributed by atoms with Crippen molar-refractivity contribution in [1.82, 2.24) is 4.90 Å². The van der Waals surface area contributed by atoms with Gasteiger partial charge in [0.15, 0.2) is 0 Å². The van der Waals surface area contributed by atoms with E-state index in [1.807, 2.05) is 24.3 Å². The van der Waals surface area contributed by atoms with Gasteiger partial charge in [-0.2, -0.15) is 0 Å². The first kappa shape index (κ1) is 17.6. The van der Waals surface area contributed by atoms with Crippen molar-refractivity contribution in [1.29, 1.82) is 0 Å². The number of ether oxygens (including phenoxy) is 2. The van der Waals surface area contributed by atoms with Gasteiger partial charge in [0.05, 0.1) is 19.2 Å². The van der Waals surface area contributed by atoms with Crippen LogP contribution in [0.5, 0.6) is 0 Å². The van der Waals surface area contributed by atoms with Gasteiger partial charge in [-0.25, -0.2) is 4.79 Å². The molecule has 138 valence electrons. The average molecular weight is 361 g/mol. The Balaban J connectivity index is 1.47. The number of hydrogen-bond donors (Lipinski definition) is 0. The van der Waals surface area contributed by atoms with Crippen LogP contribution in [0.2, 0.25) is 0 Å². The van der Waals surface area contributed by atoms with Crippen LogP contribution in [0.25, 0.3) is 11.1 Å². The molecule has 1 heterocycles. The summed E-state index contributed by atoms with van der Waals surface area (Å²) in [7, 11) is 0. The fraction of sp³-hybridized carbons (Fsp3) is 0.348. The van der Waals surface area contributed by atoms with Crippen LogP contribution in [0.3, 0.4) is 0 Å². The Morgan fingerprint density at radius 3 is 2.41 bits per heavy atom. The monoisotopic (exact) mass is 361 g/mol. The molecule has 0 aromatic heterocycles. The third-order valence-electron chi connectivity index (χ3n) is 5.32. The maximum atomic E-state index is 12.7. The van der Waals surface area contributed by atoms with Crippen molar-refractivity contribution in [2.45, 2.75) is 24.9 Å². The van der Waals surface area contributed by atoms with Crippen molar-refractivity contribution < 1.29 is 14.3 Å². The molecule has 1 atom stereocenters. The topological polar surface area (TPSA) is 38.8 Å². The van der Waals surface area contributed by atoms with Crippen LogP contribution in [-0.4, -0.2) is 43.4 Å². The quantitative estimate of drug-likeness (QED) is 0.754. The van der Waals surface area contributed by atoms with Gasteiger partial charge in [-0.15, -0.1) is 6.42 Å². The molecule has 1 saturated heterocycles. The van der Waals surface area contributed by atoms with Crippen molar-refractivity contribution in [3.63, 3.8) is 0 Å². The van der Waals surface area contributed by atoms with Gasteiger partial charge in [-0.1, -0.05) is 54.5 Å². The number of hydrogen-bond acceptors (Lipinski definition) is 3. The van der Waals surface area contributed by atoms with Crippen LogP contribution in [0, 0.1) is 12.3 Å². The van der Waals surface area contributed by atoms with Crippen LogP contribution in [0.4, 0.5) is 4.79 Å². The predicted octanol–water partition coefficient (Wildman–Crippen LogP) is 4.05. The van der Waals surface area contributed by atoms with Crippen LogP contribution >= 0.6 is 0 Å². The lowest BCUT2D eigenvalue weighted by molar-refractivity contribution is 0.0594. The molecule has 1 aliphatic carbocycles. The number of fused-ring (bicyclic) bond motifs is 3. The lowest BCUT2D eigenvalue weighted by Crippen LogP contribution is -2.38. The van der Waals surface area contributed by atoms with E-state index in [0.717, 1.165) is 19.4 Å². The van der Waals surface area contributed by atoms with Crippen molar-refractivity contribution in [2.75, 3.05) is 26.3 Å². The van der Waals surface area contributed by atoms with Crippen LogP contribution in [0.1, 0.15) is 29.9 Å². The first-order chi connectivity index (χ1) is 13.3. The Kier molecular flexibility index (Phi) is 5.13. The molecule has 2 aromatic carbocycles. The predicted molar refractivity (Wildman–Crippen MR) is 104 cm³/mol. The van der Waals surface area contributed by atoms with E-state index in [1.54, 1.807) is 4.90 Å². The van der Waals surface area contributed by atoms with Gasteiger partial charge >= 0.3 is 6.09 Å². The van der Waals surface area contributed by atoms with Crippen LogP contribution < -0.4 is 0 Å². The molecule has 2 aliphatic rings. The number of rotatable bonds is 5. The van der Waals surface area contributed by atoms with E-state index in [-0.39, 0.29) is 24.7 Å². The zero-order chi connectivity index (χ0) is 18.6. The maximum absolute atomic E-state index is 12.7. The van der Waals surface area contributed by atoms with Gasteiger partial charge < -0.3 is 9.47 Å². The first-order valence-corrected chi connectivity index (χ1v) is 9.43. The van der Waals surface area contributed by atoms with Crippen molar-refractivity contribution in [3.05, 3.63) is 59.7 Å². The molecule has 1 aliphatic heterocycles. The van der Waals surface area contributed by atoms with E-state index in [1.165, 1.54) is 22.3 Å². The summed E-state index contributed by atoms with van der Waals surface area (Å²) in [6.07, 6.45) is 7.11. The minimum Gasteiger partial charge on any atom is -0.448 e. The second-order valence-corrected chi connectivity index (χ2v) is 7.02. The molecule has 1 fully saturated rings. The molecule has 2 aromatic rings. The second-order valence-electron chi connectivity index (χ2n) is 7.02. The maximum Gasteiger partial charge on any atom is 0.410 e. The molecule has 0 bridgehead atoms. The van der Waals surface area contributed by atoms with Crippen molar-refractivity contribution in [3.8, 4) is 23.5 Å². The molecule has 1 unspecified atom stereocenters. The van der Waals surface area contributed by atoms with Crippen LogP contribution in [-0.2, 0) is 9.47 Å². The van der Waals surface area contributed by atoms with Crippen molar-refractivity contribution >= 4 is 6.09 Å². The number of terminal acetylenes is 1. The molecular weight excluding hydrogens is 338 g/mol. The second kappa shape index (κ2) is 7.85. The lowest BCUT2D eigenvalue weighted by Gasteiger charge is -2.24. The molecule has 0 N–H and O–H groups in total. The number of benzene rings is 2. The third-order valence-corrected chi connectivity index (χ3v) is 5.32. The smallest absolute Gasteiger partial charge is 0.410 e. The minimum atomic E-state index is -0.370. The molecular formula is C23H23NO3. The molecule has 0 spiro atoms. The van der Waals surface area contributed by atoms with Gasteiger partial charge in [0.2, 0.25) is 0 Å². The van der Waals surface area contributed by atoms with E-state index < -0.39 is 0 Å². The molecule has 4 heteroatoms. The average Bonchev–Trinajstić information content (AvgIpc) is 3.32. The minimum absolute atomic E-state index is 0.0526. The Labute approximate surface area is 160 Å². The highest BCUT2D eigenvalue weighted by atomic mass is 16.6. The van der Waals surface area contributed by atoms with Gasteiger partial charge in [-0.05, 0) is 35.1 Å². The highest BCUT2D eigenvalue weighted by Crippen LogP contribution is 2.44. The zero-order valence-corrected chi connectivity index (χ0v) is 15.3. The van der Waals surface area contributed by atoms with E-state index in [4.69, 9.17) is 15.9 Å². The van der Waals surface area contributed by atoms with E-state index >= 15 is 0 Å². The van der Waals surface area contributed by atoms with E-state index in [0.29, 0.717) is 13.2 Å². The summed E-state index contributed by atoms with van der Waals surface area (Å²) < 4.78 is 11.3. The normalized spacial score (nSPS) is 17.8. The third kappa shape index (κ3) is 3.56. The van der Waals surface area contributed by atoms with Gasteiger partial charge in [0.1, 0.15) is 6.61 Å². The molecule has 27 heavy (non-hydrogen) atoms. The Morgan fingerprint density at radius 1 is 1.15 bits per heavy atom. The Hall–Kier alpha value is -2.77. The number of carbonyl (C=O) groups excluding carboxylic acids is 1.